The van der Waals surface area contributed by atoms with Gasteiger partial charge in [-0.3, -0.25) is 9.59 Å². The lowest BCUT2D eigenvalue weighted by atomic mass is 9.80. The van der Waals surface area contributed by atoms with Crippen LogP contribution >= 0.6 is 0 Å². The first-order valence-electron chi connectivity index (χ1n) is 9.63. The van der Waals surface area contributed by atoms with Crippen LogP contribution in [0, 0.1) is 5.41 Å². The molecule has 1 fully saturated rings. The molecule has 1 aliphatic heterocycles. The number of hydrogen-bond donors (Lipinski definition) is 2. The molecule has 1 heterocycles. The highest BCUT2D eigenvalue weighted by Gasteiger charge is 2.40. The number of aliphatic carboxylic acids is 1. The number of nitrogens with one attached hydrogen (secondary N) is 1. The highest BCUT2D eigenvalue weighted by atomic mass is 16.5. The predicted molar refractivity (Wildman–Crippen MR) is 102 cm³/mol. The van der Waals surface area contributed by atoms with Crippen LogP contribution in [0.4, 0.5) is 0 Å². The Morgan fingerprint density at radius 2 is 1.57 bits per heavy atom. The number of carboxylic acid groups (broad SMARTS) is 1. The Labute approximate surface area is 165 Å². The van der Waals surface area contributed by atoms with Gasteiger partial charge in [0.1, 0.15) is 0 Å². The molecule has 1 aliphatic rings. The number of carboxylic acids is 1. The van der Waals surface area contributed by atoms with E-state index in [9.17, 15) is 14.7 Å². The molecule has 1 amide bonds. The van der Waals surface area contributed by atoms with E-state index >= 15 is 0 Å². The van der Waals surface area contributed by atoms with Gasteiger partial charge in [0.2, 0.25) is 5.75 Å². The summed E-state index contributed by atoms with van der Waals surface area (Å²) < 4.78 is 22.2. The number of rotatable bonds is 10. The fraction of sp³-hybridized carbons (Fsp3) is 0.600. The van der Waals surface area contributed by atoms with Gasteiger partial charge >= 0.3 is 5.97 Å². The van der Waals surface area contributed by atoms with Gasteiger partial charge in [0.05, 0.1) is 25.2 Å². The smallest absolute Gasteiger partial charge is 0.311 e. The minimum atomic E-state index is -1.01. The van der Waals surface area contributed by atoms with Gasteiger partial charge < -0.3 is 29.4 Å². The molecular weight excluding hydrogens is 366 g/mol. The number of benzene rings is 1. The quantitative estimate of drug-likeness (QED) is 0.627. The summed E-state index contributed by atoms with van der Waals surface area (Å²) in [7, 11) is 0. The predicted octanol–water partition coefficient (Wildman–Crippen LogP) is 2.49. The maximum atomic E-state index is 12.7. The molecule has 1 aromatic rings. The van der Waals surface area contributed by atoms with E-state index in [4.69, 9.17) is 18.9 Å². The molecule has 8 heteroatoms. The molecule has 0 atom stereocenters. The molecule has 1 aromatic carbocycles. The second kappa shape index (κ2) is 10.2. The Morgan fingerprint density at radius 1 is 1.04 bits per heavy atom. The van der Waals surface area contributed by atoms with Crippen molar-refractivity contribution in [2.24, 2.45) is 5.41 Å². The summed E-state index contributed by atoms with van der Waals surface area (Å²) in [6.45, 7) is 7.53. The fourth-order valence-corrected chi connectivity index (χ4v) is 3.10. The van der Waals surface area contributed by atoms with E-state index in [0.29, 0.717) is 68.7 Å². The normalized spacial score (nSPS) is 15.5. The summed E-state index contributed by atoms with van der Waals surface area (Å²) in [5.41, 5.74) is -0.687. The molecule has 8 nitrogen and oxygen atoms in total. The SMILES string of the molecule is CCOc1cc(C(=O)NCC2(C(=O)O)CCOCC2)cc(OCC)c1OCC. The van der Waals surface area contributed by atoms with Gasteiger partial charge in [-0.25, -0.2) is 0 Å². The van der Waals surface area contributed by atoms with E-state index in [1.54, 1.807) is 12.1 Å². The summed E-state index contributed by atoms with van der Waals surface area (Å²) >= 11 is 0. The van der Waals surface area contributed by atoms with Crippen LogP contribution in [0.2, 0.25) is 0 Å². The lowest BCUT2D eigenvalue weighted by molar-refractivity contribution is -0.154. The highest BCUT2D eigenvalue weighted by Crippen LogP contribution is 2.39. The first kappa shape index (κ1) is 21.8. The monoisotopic (exact) mass is 395 g/mol. The van der Waals surface area contributed by atoms with Crippen LogP contribution in [0.3, 0.4) is 0 Å². The van der Waals surface area contributed by atoms with Crippen molar-refractivity contribution in [1.82, 2.24) is 5.32 Å². The lowest BCUT2D eigenvalue weighted by Gasteiger charge is -2.33. The minimum absolute atomic E-state index is 0.0334. The molecule has 2 N–H and O–H groups in total. The van der Waals surface area contributed by atoms with E-state index < -0.39 is 17.3 Å². The first-order chi connectivity index (χ1) is 13.5. The third kappa shape index (κ3) is 5.07. The zero-order chi connectivity index (χ0) is 20.6. The van der Waals surface area contributed by atoms with Crippen molar-refractivity contribution >= 4 is 11.9 Å². The van der Waals surface area contributed by atoms with Crippen LogP contribution in [0.5, 0.6) is 17.2 Å². The van der Waals surface area contributed by atoms with Crippen molar-refractivity contribution in [3.05, 3.63) is 17.7 Å². The van der Waals surface area contributed by atoms with E-state index in [2.05, 4.69) is 5.32 Å². The van der Waals surface area contributed by atoms with E-state index in [1.165, 1.54) is 0 Å². The Hall–Kier alpha value is -2.48. The maximum absolute atomic E-state index is 12.7. The zero-order valence-electron chi connectivity index (χ0n) is 16.7. The Morgan fingerprint density at radius 3 is 2.04 bits per heavy atom. The van der Waals surface area contributed by atoms with Crippen LogP contribution in [0.15, 0.2) is 12.1 Å². The lowest BCUT2D eigenvalue weighted by Crippen LogP contribution is -2.46. The minimum Gasteiger partial charge on any atom is -0.490 e. The number of carbonyl (C=O) groups is 2. The molecular formula is C20H29NO7. The van der Waals surface area contributed by atoms with Gasteiger partial charge in [-0.1, -0.05) is 0 Å². The Bertz CT molecular complexity index is 656. The molecule has 1 saturated heterocycles. The average molecular weight is 395 g/mol. The van der Waals surface area contributed by atoms with Gasteiger partial charge in [0, 0.05) is 25.3 Å². The number of carbonyl (C=O) groups excluding carboxylic acids is 1. The molecule has 28 heavy (non-hydrogen) atoms. The standard InChI is InChI=1S/C20H29NO7/c1-4-26-15-11-14(12-16(27-5-2)17(15)28-6-3)18(22)21-13-20(19(23)24)7-9-25-10-8-20/h11-12H,4-10,13H2,1-3H3,(H,21,22)(H,23,24). The first-order valence-corrected chi connectivity index (χ1v) is 9.63. The largest absolute Gasteiger partial charge is 0.490 e. The van der Waals surface area contributed by atoms with Crippen molar-refractivity contribution in [1.29, 1.82) is 0 Å². The van der Waals surface area contributed by atoms with Crippen molar-refractivity contribution < 1.29 is 33.6 Å². The maximum Gasteiger partial charge on any atom is 0.311 e. The average Bonchev–Trinajstić information content (AvgIpc) is 2.69. The Balaban J connectivity index is 2.24. The summed E-state index contributed by atoms with van der Waals surface area (Å²) in [4.78, 5) is 24.5. The third-order valence-electron chi connectivity index (χ3n) is 4.66. The zero-order valence-corrected chi connectivity index (χ0v) is 16.7. The molecule has 0 saturated carbocycles. The summed E-state index contributed by atoms with van der Waals surface area (Å²) in [5.74, 6) is -0.0296. The molecule has 0 unspecified atom stereocenters. The van der Waals surface area contributed by atoms with Crippen LogP contribution in [-0.4, -0.2) is 56.6 Å². The molecule has 0 aliphatic carbocycles. The molecule has 0 spiro atoms. The molecule has 156 valence electrons. The second-order valence-corrected chi connectivity index (χ2v) is 6.48. The molecule has 0 aromatic heterocycles. The van der Waals surface area contributed by atoms with Crippen molar-refractivity contribution in [2.45, 2.75) is 33.6 Å². The van der Waals surface area contributed by atoms with Gasteiger partial charge in [-0.15, -0.1) is 0 Å². The topological polar surface area (TPSA) is 103 Å². The van der Waals surface area contributed by atoms with Crippen LogP contribution in [-0.2, 0) is 9.53 Å². The summed E-state index contributed by atoms with van der Waals surface area (Å²) in [5, 5.41) is 12.4. The summed E-state index contributed by atoms with van der Waals surface area (Å²) in [6, 6.07) is 3.17. The van der Waals surface area contributed by atoms with Crippen LogP contribution in [0.1, 0.15) is 44.0 Å². The number of hydrogen-bond acceptors (Lipinski definition) is 6. The van der Waals surface area contributed by atoms with Gasteiger partial charge in [0.15, 0.2) is 11.5 Å². The highest BCUT2D eigenvalue weighted by molar-refractivity contribution is 5.96. The van der Waals surface area contributed by atoms with Gasteiger partial charge in [-0.05, 0) is 45.7 Å². The van der Waals surface area contributed by atoms with Crippen LogP contribution in [0.25, 0.3) is 0 Å². The van der Waals surface area contributed by atoms with Crippen molar-refractivity contribution in [3.8, 4) is 17.2 Å². The van der Waals surface area contributed by atoms with Gasteiger partial charge in [-0.2, -0.15) is 0 Å². The van der Waals surface area contributed by atoms with Crippen molar-refractivity contribution in [2.75, 3.05) is 39.6 Å². The van der Waals surface area contributed by atoms with Crippen LogP contribution < -0.4 is 19.5 Å². The molecule has 0 bridgehead atoms. The third-order valence-corrected chi connectivity index (χ3v) is 4.66. The molecule has 0 radical (unpaired) electrons. The number of ether oxygens (including phenoxy) is 4. The Kier molecular flexibility index (Phi) is 7.92. The second-order valence-electron chi connectivity index (χ2n) is 6.48. The van der Waals surface area contributed by atoms with E-state index in [-0.39, 0.29) is 6.54 Å². The fourth-order valence-electron chi connectivity index (χ4n) is 3.10. The summed E-state index contributed by atoms with van der Waals surface area (Å²) in [6.07, 6.45) is 0.723. The number of amides is 1. The van der Waals surface area contributed by atoms with Gasteiger partial charge in [0.25, 0.3) is 5.91 Å². The van der Waals surface area contributed by atoms with Crippen molar-refractivity contribution in [3.63, 3.8) is 0 Å². The van der Waals surface area contributed by atoms with E-state index in [1.807, 2.05) is 20.8 Å². The van der Waals surface area contributed by atoms with E-state index in [0.717, 1.165) is 0 Å². The molecule has 2 rings (SSSR count).